The van der Waals surface area contributed by atoms with Crippen LogP contribution >= 0.6 is 0 Å². The average Bonchev–Trinajstić information content (AvgIpc) is 2.70. The maximum absolute atomic E-state index is 12.3. The molecule has 1 heterocycles. The van der Waals surface area contributed by atoms with Crippen LogP contribution in [-0.2, 0) is 14.3 Å². The van der Waals surface area contributed by atoms with Crippen LogP contribution in [0.1, 0.15) is 57.6 Å². The molecule has 148 valence electrons. The number of pyridine rings is 1. The summed E-state index contributed by atoms with van der Waals surface area (Å²) >= 11 is 0. The minimum absolute atomic E-state index is 0.145. The molecule has 0 spiro atoms. The van der Waals surface area contributed by atoms with Gasteiger partial charge in [0.2, 0.25) is 0 Å². The standard InChI is InChI=1S/C21H29NO5/c1-3-26-21(24)10-7-13-27-19-14-17(22-15-20(19)25-2)11-12-18(23)16-8-5-4-6-9-16/h11-12,14-16H,3-10,13H2,1-2H3. The van der Waals surface area contributed by atoms with Gasteiger partial charge in [0.05, 0.1) is 32.2 Å². The highest BCUT2D eigenvalue weighted by atomic mass is 16.5. The Morgan fingerprint density at radius 2 is 2.00 bits per heavy atom. The van der Waals surface area contributed by atoms with E-state index in [0.717, 1.165) is 25.7 Å². The molecule has 0 unspecified atom stereocenters. The molecule has 0 amide bonds. The molecule has 1 aliphatic rings. The normalized spacial score (nSPS) is 14.9. The van der Waals surface area contributed by atoms with Crippen LogP contribution in [0, 0.1) is 5.92 Å². The van der Waals surface area contributed by atoms with Crippen molar-refractivity contribution in [3.8, 4) is 11.5 Å². The molecule has 1 aromatic heterocycles. The number of hydrogen-bond donors (Lipinski definition) is 0. The summed E-state index contributed by atoms with van der Waals surface area (Å²) in [6.45, 7) is 2.53. The van der Waals surface area contributed by atoms with E-state index >= 15 is 0 Å². The first-order valence-electron chi connectivity index (χ1n) is 9.68. The first-order chi connectivity index (χ1) is 13.1. The molecule has 2 rings (SSSR count). The number of esters is 1. The Bertz CT molecular complexity index is 650. The van der Waals surface area contributed by atoms with Crippen LogP contribution in [0.2, 0.25) is 0 Å². The van der Waals surface area contributed by atoms with Crippen LogP contribution < -0.4 is 9.47 Å². The van der Waals surface area contributed by atoms with Gasteiger partial charge in [-0.25, -0.2) is 0 Å². The lowest BCUT2D eigenvalue weighted by Gasteiger charge is -2.18. The number of carbonyl (C=O) groups excluding carboxylic acids is 2. The minimum atomic E-state index is -0.229. The highest BCUT2D eigenvalue weighted by Gasteiger charge is 2.18. The smallest absolute Gasteiger partial charge is 0.305 e. The van der Waals surface area contributed by atoms with Crippen molar-refractivity contribution < 1.29 is 23.8 Å². The lowest BCUT2D eigenvalue weighted by Crippen LogP contribution is -2.15. The molecule has 1 aliphatic carbocycles. The predicted octanol–water partition coefficient (Wildman–Crippen LogP) is 3.97. The number of hydrogen-bond acceptors (Lipinski definition) is 6. The van der Waals surface area contributed by atoms with E-state index in [1.807, 2.05) is 0 Å². The zero-order chi connectivity index (χ0) is 19.5. The van der Waals surface area contributed by atoms with E-state index in [4.69, 9.17) is 14.2 Å². The minimum Gasteiger partial charge on any atom is -0.491 e. The number of nitrogens with zero attached hydrogens (tertiary/aromatic N) is 1. The summed E-state index contributed by atoms with van der Waals surface area (Å²) in [7, 11) is 1.55. The summed E-state index contributed by atoms with van der Waals surface area (Å²) in [6.07, 6.45) is 11.2. The highest BCUT2D eigenvalue weighted by molar-refractivity contribution is 5.95. The second kappa shape index (κ2) is 11.4. The second-order valence-corrected chi connectivity index (χ2v) is 6.59. The van der Waals surface area contributed by atoms with Crippen LogP contribution in [0.3, 0.4) is 0 Å². The molecule has 0 N–H and O–H groups in total. The molecule has 27 heavy (non-hydrogen) atoms. The molecule has 0 saturated heterocycles. The summed E-state index contributed by atoms with van der Waals surface area (Å²) in [6, 6.07) is 1.74. The summed E-state index contributed by atoms with van der Waals surface area (Å²) in [5.41, 5.74) is 0.639. The molecule has 1 aromatic rings. The zero-order valence-corrected chi connectivity index (χ0v) is 16.2. The van der Waals surface area contributed by atoms with E-state index in [0.29, 0.717) is 43.2 Å². The second-order valence-electron chi connectivity index (χ2n) is 6.59. The molecule has 0 aliphatic heterocycles. The van der Waals surface area contributed by atoms with Crippen LogP contribution in [0.25, 0.3) is 6.08 Å². The lowest BCUT2D eigenvalue weighted by atomic mass is 9.86. The molecule has 6 nitrogen and oxygen atoms in total. The summed E-state index contributed by atoms with van der Waals surface area (Å²) in [5, 5.41) is 0. The largest absolute Gasteiger partial charge is 0.491 e. The van der Waals surface area contributed by atoms with Crippen molar-refractivity contribution in [2.45, 2.75) is 51.9 Å². The Morgan fingerprint density at radius 3 is 2.70 bits per heavy atom. The fraction of sp³-hybridized carbons (Fsp3) is 0.571. The van der Waals surface area contributed by atoms with Crippen molar-refractivity contribution >= 4 is 17.8 Å². The Hall–Kier alpha value is -2.37. The third-order valence-corrected chi connectivity index (χ3v) is 4.59. The molecule has 0 aromatic carbocycles. The van der Waals surface area contributed by atoms with Gasteiger partial charge in [-0.3, -0.25) is 14.6 Å². The number of allylic oxidation sites excluding steroid dienone is 1. The summed E-state index contributed by atoms with van der Waals surface area (Å²) < 4.78 is 15.9. The maximum atomic E-state index is 12.3. The zero-order valence-electron chi connectivity index (χ0n) is 16.2. The molecule has 6 heteroatoms. The Balaban J connectivity index is 1.92. The van der Waals surface area contributed by atoms with Gasteiger partial charge >= 0.3 is 5.97 Å². The Labute approximate surface area is 160 Å². The summed E-state index contributed by atoms with van der Waals surface area (Å²) in [4.78, 5) is 27.9. The molecule has 0 bridgehead atoms. The van der Waals surface area contributed by atoms with Gasteiger partial charge < -0.3 is 14.2 Å². The number of aromatic nitrogens is 1. The number of methoxy groups -OCH3 is 1. The van der Waals surface area contributed by atoms with Crippen LogP contribution in [0.15, 0.2) is 18.3 Å². The monoisotopic (exact) mass is 375 g/mol. The molecular weight excluding hydrogens is 346 g/mol. The fourth-order valence-electron chi connectivity index (χ4n) is 3.12. The number of ether oxygens (including phenoxy) is 3. The third-order valence-electron chi connectivity index (χ3n) is 4.59. The third kappa shape index (κ3) is 7.04. The van der Waals surface area contributed by atoms with E-state index in [-0.39, 0.29) is 17.7 Å². The molecule has 0 atom stereocenters. The van der Waals surface area contributed by atoms with Crippen LogP contribution in [0.5, 0.6) is 11.5 Å². The van der Waals surface area contributed by atoms with E-state index in [2.05, 4.69) is 4.98 Å². The van der Waals surface area contributed by atoms with E-state index in [9.17, 15) is 9.59 Å². The number of carbonyl (C=O) groups is 2. The molecule has 1 fully saturated rings. The quantitative estimate of drug-likeness (QED) is 0.350. The highest BCUT2D eigenvalue weighted by Crippen LogP contribution is 2.28. The van der Waals surface area contributed by atoms with Gasteiger partial charge in [0, 0.05) is 18.4 Å². The fourth-order valence-corrected chi connectivity index (χ4v) is 3.12. The van der Waals surface area contributed by atoms with Gasteiger partial charge in [-0.2, -0.15) is 0 Å². The van der Waals surface area contributed by atoms with Gasteiger partial charge in [0.1, 0.15) is 0 Å². The van der Waals surface area contributed by atoms with Crippen molar-refractivity contribution in [1.29, 1.82) is 0 Å². The maximum Gasteiger partial charge on any atom is 0.305 e. The van der Waals surface area contributed by atoms with Gasteiger partial charge in [0.15, 0.2) is 17.3 Å². The molecular formula is C21H29NO5. The summed E-state index contributed by atoms with van der Waals surface area (Å²) in [5.74, 6) is 1.15. The Morgan fingerprint density at radius 1 is 1.22 bits per heavy atom. The van der Waals surface area contributed by atoms with Crippen molar-refractivity contribution in [2.24, 2.45) is 5.92 Å². The number of ketones is 1. The van der Waals surface area contributed by atoms with Gasteiger partial charge in [-0.15, -0.1) is 0 Å². The van der Waals surface area contributed by atoms with Crippen LogP contribution in [-0.4, -0.2) is 37.1 Å². The van der Waals surface area contributed by atoms with E-state index in [1.165, 1.54) is 6.42 Å². The van der Waals surface area contributed by atoms with Crippen molar-refractivity contribution in [3.63, 3.8) is 0 Å². The van der Waals surface area contributed by atoms with Crippen molar-refractivity contribution in [3.05, 3.63) is 24.0 Å². The van der Waals surface area contributed by atoms with Gasteiger partial charge in [0.25, 0.3) is 0 Å². The van der Waals surface area contributed by atoms with E-state index in [1.54, 1.807) is 38.4 Å². The molecule has 1 saturated carbocycles. The van der Waals surface area contributed by atoms with E-state index < -0.39 is 0 Å². The molecule has 0 radical (unpaired) electrons. The number of rotatable bonds is 10. The predicted molar refractivity (Wildman–Crippen MR) is 103 cm³/mol. The first kappa shape index (κ1) is 20.9. The first-order valence-corrected chi connectivity index (χ1v) is 9.68. The topological polar surface area (TPSA) is 74.7 Å². The SMILES string of the molecule is CCOC(=O)CCCOc1cc(C=CC(=O)C2CCCCC2)ncc1OC. The van der Waals surface area contributed by atoms with Gasteiger partial charge in [-0.05, 0) is 38.3 Å². The lowest BCUT2D eigenvalue weighted by molar-refractivity contribution is -0.143. The Kier molecular flexibility index (Phi) is 8.81. The van der Waals surface area contributed by atoms with Gasteiger partial charge in [-0.1, -0.05) is 19.3 Å². The van der Waals surface area contributed by atoms with Crippen molar-refractivity contribution in [2.75, 3.05) is 20.3 Å². The average molecular weight is 375 g/mol. The van der Waals surface area contributed by atoms with Crippen LogP contribution in [0.4, 0.5) is 0 Å². The van der Waals surface area contributed by atoms with Crippen molar-refractivity contribution in [1.82, 2.24) is 4.98 Å².